The van der Waals surface area contributed by atoms with Crippen LogP contribution in [0.2, 0.25) is 10.0 Å². The van der Waals surface area contributed by atoms with Crippen LogP contribution in [0.15, 0.2) is 41.3 Å². The summed E-state index contributed by atoms with van der Waals surface area (Å²) in [7, 11) is -5.35. The van der Waals surface area contributed by atoms with Crippen LogP contribution >= 0.6 is 31.0 Å². The van der Waals surface area contributed by atoms with E-state index in [-0.39, 0.29) is 98.5 Å². The number of halogens is 3. The summed E-state index contributed by atoms with van der Waals surface area (Å²) >= 11 is 12.1. The standard InChI is InChI=1S/C19H17Cl2FNO6P.2Na/c1-2-7-28-16-6-5-15(22)17-18(16)23(10-29-30(25,26)27)9-13(19(17)24)12-4-3-11(20)8-14(12)21;;/h3-6,8-9H,2,7,10H2,1H3,(H2,25,26,27);;/q;2*+1/p-2. The second kappa shape index (κ2) is 12.7. The van der Waals surface area contributed by atoms with E-state index in [1.54, 1.807) is 0 Å². The Morgan fingerprint density at radius 2 is 1.81 bits per heavy atom. The topological polar surface area (TPSA) is 104 Å². The smallest absolute Gasteiger partial charge is 0.790 e. The van der Waals surface area contributed by atoms with Gasteiger partial charge in [-0.25, -0.2) is 4.39 Å². The SMILES string of the molecule is CCCOc1ccc(F)c2c(=O)c(-c3ccc(Cl)cc3Cl)cn(COP(=O)([O-])[O-])c12.[Na+].[Na+]. The molecule has 0 aliphatic rings. The minimum atomic E-state index is -5.35. The fourth-order valence-electron chi connectivity index (χ4n) is 2.93. The van der Waals surface area contributed by atoms with E-state index in [0.717, 1.165) is 10.6 Å². The number of benzene rings is 2. The van der Waals surface area contributed by atoms with Gasteiger partial charge in [-0.05, 0) is 30.7 Å². The van der Waals surface area contributed by atoms with E-state index in [0.29, 0.717) is 11.4 Å². The van der Waals surface area contributed by atoms with Crippen LogP contribution in [0.4, 0.5) is 4.39 Å². The first kappa shape index (κ1) is 30.1. The van der Waals surface area contributed by atoms with E-state index in [1.807, 2.05) is 6.92 Å². The molecule has 0 fully saturated rings. The van der Waals surface area contributed by atoms with Gasteiger partial charge in [-0.2, -0.15) is 0 Å². The molecule has 0 N–H and O–H groups in total. The first-order valence-corrected chi connectivity index (χ1v) is 10.9. The molecule has 0 unspecified atom stereocenters. The van der Waals surface area contributed by atoms with Gasteiger partial charge >= 0.3 is 59.1 Å². The van der Waals surface area contributed by atoms with Crippen LogP contribution in [0.25, 0.3) is 22.0 Å². The van der Waals surface area contributed by atoms with Gasteiger partial charge in [0.25, 0.3) is 0 Å². The molecule has 0 aliphatic carbocycles. The van der Waals surface area contributed by atoms with Crippen molar-refractivity contribution < 1.29 is 87.1 Å². The Hall–Kier alpha value is 0.0700. The fourth-order valence-corrected chi connectivity index (χ4v) is 3.70. The molecule has 1 heterocycles. The van der Waals surface area contributed by atoms with Gasteiger partial charge in [-0.15, -0.1) is 0 Å². The largest absolute Gasteiger partial charge is 1.00 e. The molecule has 7 nitrogen and oxygen atoms in total. The molecule has 3 aromatic rings. The monoisotopic (exact) mass is 519 g/mol. The van der Waals surface area contributed by atoms with Crippen LogP contribution in [-0.4, -0.2) is 11.2 Å². The van der Waals surface area contributed by atoms with E-state index in [2.05, 4.69) is 4.52 Å². The fraction of sp³-hybridized carbons (Fsp3) is 0.211. The molecule has 0 amide bonds. The number of rotatable bonds is 7. The molecule has 0 saturated carbocycles. The molecule has 1 aromatic heterocycles. The third kappa shape index (κ3) is 7.04. The molecular formula is C19H15Cl2FNNa2O6P. The zero-order valence-electron chi connectivity index (χ0n) is 17.6. The van der Waals surface area contributed by atoms with E-state index in [9.17, 15) is 23.5 Å². The van der Waals surface area contributed by atoms with Gasteiger partial charge in [-0.1, -0.05) is 36.2 Å². The van der Waals surface area contributed by atoms with E-state index in [1.165, 1.54) is 30.5 Å². The summed E-state index contributed by atoms with van der Waals surface area (Å²) in [5, 5.41) is 0.0964. The number of hydrogen-bond acceptors (Lipinski definition) is 6. The summed E-state index contributed by atoms with van der Waals surface area (Å²) in [6.45, 7) is 1.33. The number of ether oxygens (including phenoxy) is 1. The van der Waals surface area contributed by atoms with Crippen LogP contribution in [-0.2, 0) is 15.8 Å². The van der Waals surface area contributed by atoms with Gasteiger partial charge in [0.1, 0.15) is 18.3 Å². The summed E-state index contributed by atoms with van der Waals surface area (Å²) < 4.78 is 36.8. The zero-order valence-corrected chi connectivity index (χ0v) is 24.0. The summed E-state index contributed by atoms with van der Waals surface area (Å²) in [4.78, 5) is 35.2. The Morgan fingerprint density at radius 1 is 1.12 bits per heavy atom. The second-order valence-electron chi connectivity index (χ2n) is 6.29. The molecule has 0 atom stereocenters. The third-order valence-corrected chi connectivity index (χ3v) is 5.15. The predicted molar refractivity (Wildman–Crippen MR) is 108 cm³/mol. The average molecular weight is 520 g/mol. The van der Waals surface area contributed by atoms with E-state index < -0.39 is 25.8 Å². The van der Waals surface area contributed by atoms with E-state index in [4.69, 9.17) is 27.9 Å². The second-order valence-corrected chi connectivity index (χ2v) is 8.29. The number of aromatic nitrogens is 1. The maximum Gasteiger partial charge on any atom is 1.00 e. The summed E-state index contributed by atoms with van der Waals surface area (Å²) in [5.41, 5.74) is -0.535. The molecule has 2 aromatic carbocycles. The van der Waals surface area contributed by atoms with Gasteiger partial charge in [0.2, 0.25) is 0 Å². The van der Waals surface area contributed by atoms with Crippen molar-refractivity contribution in [1.82, 2.24) is 4.57 Å². The Balaban J connectivity index is 0.00000256. The van der Waals surface area contributed by atoms with Crippen molar-refractivity contribution in [1.29, 1.82) is 0 Å². The Kier molecular flexibility index (Phi) is 11.9. The van der Waals surface area contributed by atoms with Gasteiger partial charge < -0.3 is 28.2 Å². The maximum absolute atomic E-state index is 14.7. The summed E-state index contributed by atoms with van der Waals surface area (Å²) in [6, 6.07) is 6.75. The molecule has 0 bridgehead atoms. The number of phosphoric ester groups is 1. The molecule has 0 spiro atoms. The quantitative estimate of drug-likeness (QED) is 0.257. The van der Waals surface area contributed by atoms with Crippen LogP contribution < -0.4 is 79.1 Å². The molecule has 0 radical (unpaired) electrons. The third-order valence-electron chi connectivity index (χ3n) is 4.17. The zero-order chi connectivity index (χ0) is 22.1. The van der Waals surface area contributed by atoms with Gasteiger partial charge in [-0.3, -0.25) is 4.79 Å². The number of nitrogens with zero attached hydrogens (tertiary/aromatic N) is 1. The first-order chi connectivity index (χ1) is 14.1. The average Bonchev–Trinajstić information content (AvgIpc) is 2.66. The van der Waals surface area contributed by atoms with E-state index >= 15 is 0 Å². The van der Waals surface area contributed by atoms with Crippen molar-refractivity contribution in [2.75, 3.05) is 6.61 Å². The number of hydrogen-bond donors (Lipinski definition) is 0. The number of fused-ring (bicyclic) bond motifs is 1. The minimum absolute atomic E-state index is 0. The Morgan fingerprint density at radius 3 is 2.41 bits per heavy atom. The number of phosphoric acid groups is 1. The summed E-state index contributed by atoms with van der Waals surface area (Å²) in [5.74, 6) is -0.721. The normalized spacial score (nSPS) is 11.1. The van der Waals surface area contributed by atoms with Gasteiger partial charge in [0.15, 0.2) is 5.43 Å². The number of pyridine rings is 1. The van der Waals surface area contributed by atoms with Crippen LogP contribution in [0.5, 0.6) is 5.75 Å². The van der Waals surface area contributed by atoms with Crippen molar-refractivity contribution in [2.45, 2.75) is 20.1 Å². The summed E-state index contributed by atoms with van der Waals surface area (Å²) in [6.07, 6.45) is 1.86. The van der Waals surface area contributed by atoms with Crippen molar-refractivity contribution in [2.24, 2.45) is 0 Å². The predicted octanol–water partition coefficient (Wildman–Crippen LogP) is -2.29. The maximum atomic E-state index is 14.7. The van der Waals surface area contributed by atoms with Crippen LogP contribution in [0.3, 0.4) is 0 Å². The molecule has 0 saturated heterocycles. The Bertz CT molecular complexity index is 1220. The van der Waals surface area contributed by atoms with Gasteiger partial charge in [0, 0.05) is 22.3 Å². The van der Waals surface area contributed by atoms with Crippen molar-refractivity contribution in [3.8, 4) is 16.9 Å². The van der Waals surface area contributed by atoms with Crippen LogP contribution in [0.1, 0.15) is 13.3 Å². The molecule has 3 rings (SSSR count). The Labute approximate surface area is 237 Å². The van der Waals surface area contributed by atoms with Crippen molar-refractivity contribution in [3.63, 3.8) is 0 Å². The molecule has 160 valence electrons. The first-order valence-electron chi connectivity index (χ1n) is 8.73. The molecule has 13 heteroatoms. The molecule has 0 aliphatic heterocycles. The van der Waals surface area contributed by atoms with Gasteiger partial charge in [0.05, 0.1) is 30.4 Å². The molecular weight excluding hydrogens is 505 g/mol. The van der Waals surface area contributed by atoms with Crippen molar-refractivity contribution >= 4 is 41.9 Å². The molecule has 32 heavy (non-hydrogen) atoms. The van der Waals surface area contributed by atoms with Crippen LogP contribution in [0, 0.1) is 5.82 Å². The van der Waals surface area contributed by atoms with Crippen molar-refractivity contribution in [3.05, 3.63) is 62.6 Å². The minimum Gasteiger partial charge on any atom is -0.790 e.